The number of carbonyl (C=O) groups excluding carboxylic acids is 1. The third-order valence-corrected chi connectivity index (χ3v) is 3.13. The fraction of sp³-hybridized carbons (Fsp3) is 0.308. The molecule has 0 fully saturated rings. The molecule has 0 atom stereocenters. The standard InChI is InChI=1S/C13H13N5O5/c1-8-14-13(18(20)21)16-17(8)7-12(19)15-9-2-3-10-11(6-9)23-5-4-22-10/h2-3,6H,4-5,7H2,1H3,(H,15,19). The molecule has 3 rings (SSSR count). The minimum Gasteiger partial charge on any atom is -0.486 e. The third-order valence-electron chi connectivity index (χ3n) is 3.13. The number of hydrogen-bond donors (Lipinski definition) is 1. The van der Waals surface area contributed by atoms with Crippen LogP contribution in [0.1, 0.15) is 5.82 Å². The maximum Gasteiger partial charge on any atom is 0.491 e. The van der Waals surface area contributed by atoms with Crippen LogP contribution in [0.5, 0.6) is 11.5 Å². The Balaban J connectivity index is 1.69. The van der Waals surface area contributed by atoms with Crippen molar-refractivity contribution in [2.24, 2.45) is 0 Å². The lowest BCUT2D eigenvalue weighted by atomic mass is 10.2. The Bertz CT molecular complexity index is 772. The van der Waals surface area contributed by atoms with Crippen LogP contribution in [0.3, 0.4) is 0 Å². The SMILES string of the molecule is Cc1nc([N+](=O)[O-])nn1CC(=O)Nc1ccc2c(c1)OCCO2. The maximum absolute atomic E-state index is 12.0. The minimum absolute atomic E-state index is 0.179. The molecule has 0 aliphatic carbocycles. The fourth-order valence-electron chi connectivity index (χ4n) is 2.09. The second kappa shape index (κ2) is 5.91. The molecule has 10 heteroatoms. The van der Waals surface area contributed by atoms with Crippen molar-refractivity contribution in [3.05, 3.63) is 34.1 Å². The lowest BCUT2D eigenvalue weighted by molar-refractivity contribution is -0.394. The second-order valence-corrected chi connectivity index (χ2v) is 4.78. The van der Waals surface area contributed by atoms with E-state index in [1.807, 2.05) is 0 Å². The highest BCUT2D eigenvalue weighted by molar-refractivity contribution is 5.90. The zero-order valence-corrected chi connectivity index (χ0v) is 12.2. The van der Waals surface area contributed by atoms with Gasteiger partial charge in [-0.1, -0.05) is 0 Å². The molecule has 10 nitrogen and oxygen atoms in total. The number of hydrogen-bond acceptors (Lipinski definition) is 7. The maximum atomic E-state index is 12.0. The van der Waals surface area contributed by atoms with Gasteiger partial charge in [0, 0.05) is 23.8 Å². The van der Waals surface area contributed by atoms with E-state index in [1.165, 1.54) is 11.6 Å². The summed E-state index contributed by atoms with van der Waals surface area (Å²) >= 11 is 0. The number of ether oxygens (including phenoxy) is 2. The van der Waals surface area contributed by atoms with Gasteiger partial charge in [0.1, 0.15) is 19.8 Å². The van der Waals surface area contributed by atoms with Gasteiger partial charge in [-0.3, -0.25) is 4.79 Å². The van der Waals surface area contributed by atoms with Crippen LogP contribution in [0.15, 0.2) is 18.2 Å². The lowest BCUT2D eigenvalue weighted by Gasteiger charge is -2.18. The molecule has 0 saturated heterocycles. The van der Waals surface area contributed by atoms with Crippen molar-refractivity contribution in [1.29, 1.82) is 0 Å². The Morgan fingerprint density at radius 1 is 1.39 bits per heavy atom. The van der Waals surface area contributed by atoms with E-state index in [0.29, 0.717) is 30.4 Å². The minimum atomic E-state index is -0.706. The number of amides is 1. The zero-order chi connectivity index (χ0) is 16.4. The number of nitrogens with zero attached hydrogens (tertiary/aromatic N) is 4. The van der Waals surface area contributed by atoms with Crippen LogP contribution in [-0.4, -0.2) is 38.8 Å². The number of nitrogens with one attached hydrogen (secondary N) is 1. The molecule has 1 aromatic heterocycles. The molecular weight excluding hydrogens is 306 g/mol. The summed E-state index contributed by atoms with van der Waals surface area (Å²) in [5, 5.41) is 17.0. The smallest absolute Gasteiger partial charge is 0.486 e. The van der Waals surface area contributed by atoms with E-state index in [9.17, 15) is 14.9 Å². The molecule has 2 heterocycles. The number of nitro groups is 1. The van der Waals surface area contributed by atoms with E-state index in [2.05, 4.69) is 15.4 Å². The zero-order valence-electron chi connectivity index (χ0n) is 12.2. The molecule has 1 amide bonds. The van der Waals surface area contributed by atoms with Crippen molar-refractivity contribution in [2.45, 2.75) is 13.5 Å². The van der Waals surface area contributed by atoms with Gasteiger partial charge in [-0.2, -0.15) is 4.68 Å². The summed E-state index contributed by atoms with van der Waals surface area (Å²) < 4.78 is 12.0. The van der Waals surface area contributed by atoms with E-state index in [1.54, 1.807) is 18.2 Å². The monoisotopic (exact) mass is 319 g/mol. The average molecular weight is 319 g/mol. The first-order valence-corrected chi connectivity index (χ1v) is 6.78. The molecule has 1 N–H and O–H groups in total. The summed E-state index contributed by atoms with van der Waals surface area (Å²) in [4.78, 5) is 25.6. The summed E-state index contributed by atoms with van der Waals surface area (Å²) in [7, 11) is 0. The number of benzene rings is 1. The number of fused-ring (bicyclic) bond motifs is 1. The first-order chi connectivity index (χ1) is 11.0. The Morgan fingerprint density at radius 3 is 2.83 bits per heavy atom. The molecular formula is C13H13N5O5. The summed E-state index contributed by atoms with van der Waals surface area (Å²) in [6.45, 7) is 2.30. The average Bonchev–Trinajstić information content (AvgIpc) is 2.88. The van der Waals surface area contributed by atoms with E-state index in [4.69, 9.17) is 9.47 Å². The Kier molecular flexibility index (Phi) is 3.79. The van der Waals surface area contributed by atoms with Crippen LogP contribution in [0.25, 0.3) is 0 Å². The van der Waals surface area contributed by atoms with Gasteiger partial charge >= 0.3 is 5.95 Å². The van der Waals surface area contributed by atoms with E-state index in [-0.39, 0.29) is 18.3 Å². The molecule has 0 unspecified atom stereocenters. The number of rotatable bonds is 4. The molecule has 1 aliphatic rings. The van der Waals surface area contributed by atoms with Gasteiger partial charge in [0.15, 0.2) is 11.5 Å². The van der Waals surface area contributed by atoms with Gasteiger partial charge in [0.25, 0.3) is 0 Å². The van der Waals surface area contributed by atoms with Crippen LogP contribution in [-0.2, 0) is 11.3 Å². The van der Waals surface area contributed by atoms with Gasteiger partial charge < -0.3 is 24.9 Å². The van der Waals surface area contributed by atoms with Crippen LogP contribution in [0, 0.1) is 17.0 Å². The van der Waals surface area contributed by atoms with Crippen LogP contribution in [0.2, 0.25) is 0 Å². The first-order valence-electron chi connectivity index (χ1n) is 6.78. The molecule has 0 spiro atoms. The van der Waals surface area contributed by atoms with Crippen LogP contribution < -0.4 is 14.8 Å². The molecule has 1 aromatic carbocycles. The second-order valence-electron chi connectivity index (χ2n) is 4.78. The van der Waals surface area contributed by atoms with Crippen molar-refractivity contribution in [3.8, 4) is 11.5 Å². The fourth-order valence-corrected chi connectivity index (χ4v) is 2.09. The van der Waals surface area contributed by atoms with Gasteiger partial charge in [-0.25, -0.2) is 0 Å². The van der Waals surface area contributed by atoms with Crippen molar-refractivity contribution in [2.75, 3.05) is 18.5 Å². The summed E-state index contributed by atoms with van der Waals surface area (Å²) in [6, 6.07) is 5.04. The van der Waals surface area contributed by atoms with Crippen molar-refractivity contribution < 1.29 is 19.2 Å². The largest absolute Gasteiger partial charge is 0.491 e. The number of carbonyl (C=O) groups is 1. The number of aromatic nitrogens is 3. The molecule has 2 aromatic rings. The topological polar surface area (TPSA) is 121 Å². The van der Waals surface area contributed by atoms with Crippen molar-refractivity contribution in [1.82, 2.24) is 14.8 Å². The normalized spacial score (nSPS) is 12.7. The summed E-state index contributed by atoms with van der Waals surface area (Å²) in [5.41, 5.74) is 0.534. The molecule has 1 aliphatic heterocycles. The van der Waals surface area contributed by atoms with Crippen LogP contribution in [0.4, 0.5) is 11.6 Å². The highest BCUT2D eigenvalue weighted by Crippen LogP contribution is 2.32. The molecule has 0 radical (unpaired) electrons. The van der Waals surface area contributed by atoms with Crippen LogP contribution >= 0.6 is 0 Å². The molecule has 0 bridgehead atoms. The van der Waals surface area contributed by atoms with Crippen molar-refractivity contribution >= 4 is 17.5 Å². The number of aryl methyl sites for hydroxylation is 1. The Labute approximate surface area is 130 Å². The van der Waals surface area contributed by atoms with Crippen molar-refractivity contribution in [3.63, 3.8) is 0 Å². The highest BCUT2D eigenvalue weighted by Gasteiger charge is 2.20. The van der Waals surface area contributed by atoms with Gasteiger partial charge in [-0.15, -0.1) is 0 Å². The van der Waals surface area contributed by atoms with Gasteiger partial charge in [0.05, 0.1) is 0 Å². The Morgan fingerprint density at radius 2 is 2.13 bits per heavy atom. The quantitative estimate of drug-likeness (QED) is 0.656. The third kappa shape index (κ3) is 3.20. The van der Waals surface area contributed by atoms with Gasteiger partial charge in [-0.05, 0) is 22.0 Å². The molecule has 23 heavy (non-hydrogen) atoms. The Hall–Kier alpha value is -3.17. The summed E-state index contributed by atoms with van der Waals surface area (Å²) in [5.74, 6) is 0.548. The summed E-state index contributed by atoms with van der Waals surface area (Å²) in [6.07, 6.45) is 0. The van der Waals surface area contributed by atoms with E-state index in [0.717, 1.165) is 0 Å². The van der Waals surface area contributed by atoms with E-state index < -0.39 is 10.9 Å². The molecule has 0 saturated carbocycles. The lowest BCUT2D eigenvalue weighted by Crippen LogP contribution is -2.21. The molecule has 120 valence electrons. The highest BCUT2D eigenvalue weighted by atomic mass is 16.6. The van der Waals surface area contributed by atoms with Gasteiger partial charge in [0.2, 0.25) is 11.7 Å². The van der Waals surface area contributed by atoms with E-state index >= 15 is 0 Å². The predicted molar refractivity (Wildman–Crippen MR) is 77.5 cm³/mol. The predicted octanol–water partition coefficient (Wildman–Crippen LogP) is 0.905. The number of anilines is 1. The first kappa shape index (κ1) is 14.8.